The van der Waals surface area contributed by atoms with E-state index < -0.39 is 35.0 Å². The Morgan fingerprint density at radius 3 is 2.76 bits per heavy atom. The normalized spacial score (nSPS) is 23.0. The molecule has 3 rings (SSSR count). The van der Waals surface area contributed by atoms with Gasteiger partial charge in [-0.25, -0.2) is 18.2 Å². The fraction of sp³-hybridized carbons (Fsp3) is 0.438. The van der Waals surface area contributed by atoms with Gasteiger partial charge in [0.25, 0.3) is 5.91 Å². The molecule has 0 spiro atoms. The van der Waals surface area contributed by atoms with Crippen LogP contribution in [0, 0.1) is 30.3 Å². The molecule has 25 heavy (non-hydrogen) atoms. The maximum atomic E-state index is 13.6. The first-order chi connectivity index (χ1) is 11.9. The summed E-state index contributed by atoms with van der Waals surface area (Å²) < 4.78 is 39.8. The molecule has 6 nitrogen and oxygen atoms in total. The molecule has 0 bridgehead atoms. The number of aryl methyl sites for hydroxylation is 1. The predicted octanol–water partition coefficient (Wildman–Crippen LogP) is 1.81. The van der Waals surface area contributed by atoms with E-state index >= 15 is 0 Å². The van der Waals surface area contributed by atoms with Crippen molar-refractivity contribution in [3.05, 3.63) is 46.8 Å². The van der Waals surface area contributed by atoms with Crippen LogP contribution in [0.15, 0.2) is 12.1 Å². The molecule has 1 aliphatic carbocycles. The SMILES string of the molecule is Cc1nc([C@H]2C[C@H](CNC(=O)c3ccc(F)c(F)c3F)[C@H](O)C2)n[nH]1. The van der Waals surface area contributed by atoms with Gasteiger partial charge in [-0.15, -0.1) is 0 Å². The number of nitrogens with zero attached hydrogens (tertiary/aromatic N) is 2. The fourth-order valence-electron chi connectivity index (χ4n) is 3.10. The van der Waals surface area contributed by atoms with Gasteiger partial charge < -0.3 is 10.4 Å². The lowest BCUT2D eigenvalue weighted by Gasteiger charge is -2.15. The quantitative estimate of drug-likeness (QED) is 0.731. The third-order valence-electron chi connectivity index (χ3n) is 4.44. The molecule has 0 radical (unpaired) electrons. The molecule has 1 amide bonds. The number of hydrogen-bond acceptors (Lipinski definition) is 4. The Kier molecular flexibility index (Phi) is 4.76. The van der Waals surface area contributed by atoms with Crippen molar-refractivity contribution >= 4 is 5.91 Å². The maximum Gasteiger partial charge on any atom is 0.254 e. The lowest BCUT2D eigenvalue weighted by molar-refractivity contribution is 0.0911. The number of amides is 1. The highest BCUT2D eigenvalue weighted by Crippen LogP contribution is 2.36. The first-order valence-electron chi connectivity index (χ1n) is 7.85. The zero-order chi connectivity index (χ0) is 18.1. The van der Waals surface area contributed by atoms with E-state index in [0.29, 0.717) is 30.6 Å². The van der Waals surface area contributed by atoms with Crippen LogP contribution in [-0.4, -0.2) is 38.8 Å². The van der Waals surface area contributed by atoms with Crippen molar-refractivity contribution in [2.45, 2.75) is 31.8 Å². The fourth-order valence-corrected chi connectivity index (χ4v) is 3.10. The summed E-state index contributed by atoms with van der Waals surface area (Å²) in [4.78, 5) is 16.2. The molecule has 0 saturated heterocycles. The van der Waals surface area contributed by atoms with Gasteiger partial charge in [0.1, 0.15) is 5.82 Å². The lowest BCUT2D eigenvalue weighted by Crippen LogP contribution is -2.33. The number of aromatic nitrogens is 3. The van der Waals surface area contributed by atoms with Gasteiger partial charge in [-0.3, -0.25) is 9.89 Å². The maximum absolute atomic E-state index is 13.6. The van der Waals surface area contributed by atoms with Crippen LogP contribution in [0.3, 0.4) is 0 Å². The van der Waals surface area contributed by atoms with Crippen molar-refractivity contribution in [1.29, 1.82) is 0 Å². The molecule has 2 aromatic rings. The van der Waals surface area contributed by atoms with Gasteiger partial charge in [0, 0.05) is 18.4 Å². The first kappa shape index (κ1) is 17.4. The van der Waals surface area contributed by atoms with Gasteiger partial charge in [0.15, 0.2) is 23.3 Å². The minimum atomic E-state index is -1.69. The number of H-pyrrole nitrogens is 1. The van der Waals surface area contributed by atoms with Gasteiger partial charge in [0.2, 0.25) is 0 Å². The molecule has 1 fully saturated rings. The van der Waals surface area contributed by atoms with Gasteiger partial charge in [-0.1, -0.05) is 0 Å². The predicted molar refractivity (Wildman–Crippen MR) is 81.2 cm³/mol. The minimum absolute atomic E-state index is 0.0400. The molecule has 1 aromatic carbocycles. The summed E-state index contributed by atoms with van der Waals surface area (Å²) in [6.07, 6.45) is 0.343. The number of hydrogen-bond donors (Lipinski definition) is 3. The molecular formula is C16H17F3N4O2. The summed E-state index contributed by atoms with van der Waals surface area (Å²) in [7, 11) is 0. The second-order valence-corrected chi connectivity index (χ2v) is 6.21. The average molecular weight is 354 g/mol. The van der Waals surface area contributed by atoms with Gasteiger partial charge in [-0.2, -0.15) is 5.10 Å². The van der Waals surface area contributed by atoms with Crippen molar-refractivity contribution in [1.82, 2.24) is 20.5 Å². The number of aliphatic hydroxyl groups excluding tert-OH is 1. The second-order valence-electron chi connectivity index (χ2n) is 6.21. The van der Waals surface area contributed by atoms with E-state index in [0.717, 1.165) is 6.07 Å². The molecular weight excluding hydrogens is 337 g/mol. The smallest absolute Gasteiger partial charge is 0.254 e. The summed E-state index contributed by atoms with van der Waals surface area (Å²) in [5.41, 5.74) is -0.576. The van der Waals surface area contributed by atoms with Gasteiger partial charge in [0.05, 0.1) is 11.7 Å². The van der Waals surface area contributed by atoms with E-state index in [9.17, 15) is 23.1 Å². The van der Waals surface area contributed by atoms with Crippen molar-refractivity contribution in [3.63, 3.8) is 0 Å². The zero-order valence-corrected chi connectivity index (χ0v) is 13.4. The average Bonchev–Trinajstić information content (AvgIpc) is 3.16. The minimum Gasteiger partial charge on any atom is -0.393 e. The number of carbonyl (C=O) groups is 1. The monoisotopic (exact) mass is 354 g/mol. The number of carbonyl (C=O) groups excluding carboxylic acids is 1. The molecule has 9 heteroatoms. The topological polar surface area (TPSA) is 90.9 Å². The largest absolute Gasteiger partial charge is 0.393 e. The number of nitrogens with one attached hydrogen (secondary N) is 2. The van der Waals surface area contributed by atoms with Crippen LogP contribution in [-0.2, 0) is 0 Å². The van der Waals surface area contributed by atoms with Crippen molar-refractivity contribution < 1.29 is 23.1 Å². The number of aromatic amines is 1. The highest BCUT2D eigenvalue weighted by molar-refractivity contribution is 5.94. The van der Waals surface area contributed by atoms with Crippen LogP contribution in [0.1, 0.15) is 40.8 Å². The molecule has 3 atom stereocenters. The third kappa shape index (κ3) is 3.51. The zero-order valence-electron chi connectivity index (χ0n) is 13.4. The molecule has 134 valence electrons. The highest BCUT2D eigenvalue weighted by Gasteiger charge is 2.36. The first-order valence-corrected chi connectivity index (χ1v) is 7.85. The van der Waals surface area contributed by atoms with Crippen molar-refractivity contribution in [2.24, 2.45) is 5.92 Å². The number of rotatable bonds is 4. The van der Waals surface area contributed by atoms with Crippen LogP contribution in [0.5, 0.6) is 0 Å². The van der Waals surface area contributed by atoms with E-state index in [1.807, 2.05) is 0 Å². The molecule has 1 heterocycles. The van der Waals surface area contributed by atoms with Crippen LogP contribution in [0.2, 0.25) is 0 Å². The Morgan fingerprint density at radius 2 is 2.08 bits per heavy atom. The molecule has 0 aliphatic heterocycles. The third-order valence-corrected chi connectivity index (χ3v) is 4.44. The molecule has 3 N–H and O–H groups in total. The summed E-state index contributed by atoms with van der Waals surface area (Å²) in [5, 5.41) is 19.4. The molecule has 0 unspecified atom stereocenters. The molecule has 1 saturated carbocycles. The van der Waals surface area contributed by atoms with Crippen LogP contribution in [0.25, 0.3) is 0 Å². The standard InChI is InChI=1S/C16H17F3N4O2/c1-7-21-15(23-22-7)8-4-9(12(24)5-8)6-20-16(25)10-2-3-11(17)14(19)13(10)18/h2-3,8-9,12,24H,4-6H2,1H3,(H,20,25)(H,21,22,23)/t8-,9+,12+/m0/s1. The molecule has 1 aliphatic rings. The van der Waals surface area contributed by atoms with Crippen molar-refractivity contribution in [2.75, 3.05) is 6.54 Å². The Labute approximate surface area is 141 Å². The summed E-state index contributed by atoms with van der Waals surface area (Å²) in [6, 6.07) is 1.58. The number of benzene rings is 1. The molecule has 1 aromatic heterocycles. The van der Waals surface area contributed by atoms with E-state index in [4.69, 9.17) is 0 Å². The van der Waals surface area contributed by atoms with E-state index in [-0.39, 0.29) is 18.4 Å². The summed E-state index contributed by atoms with van der Waals surface area (Å²) in [6.45, 7) is 1.86. The van der Waals surface area contributed by atoms with Gasteiger partial charge >= 0.3 is 0 Å². The van der Waals surface area contributed by atoms with Crippen LogP contribution < -0.4 is 5.32 Å². The lowest BCUT2D eigenvalue weighted by atomic mass is 10.0. The summed E-state index contributed by atoms with van der Waals surface area (Å²) in [5.74, 6) is -4.45. The Bertz CT molecular complexity index is 796. The number of aliphatic hydroxyl groups is 1. The summed E-state index contributed by atoms with van der Waals surface area (Å²) >= 11 is 0. The Balaban J connectivity index is 1.62. The van der Waals surface area contributed by atoms with Crippen molar-refractivity contribution in [3.8, 4) is 0 Å². The Morgan fingerprint density at radius 1 is 1.32 bits per heavy atom. The second kappa shape index (κ2) is 6.83. The van der Waals surface area contributed by atoms with E-state index in [2.05, 4.69) is 20.5 Å². The van der Waals surface area contributed by atoms with Crippen LogP contribution in [0.4, 0.5) is 13.2 Å². The van der Waals surface area contributed by atoms with E-state index in [1.54, 1.807) is 6.92 Å². The van der Waals surface area contributed by atoms with E-state index in [1.165, 1.54) is 0 Å². The highest BCUT2D eigenvalue weighted by atomic mass is 19.2. The van der Waals surface area contributed by atoms with Crippen LogP contribution >= 0.6 is 0 Å². The Hall–Kier alpha value is -2.42. The van der Waals surface area contributed by atoms with Gasteiger partial charge in [-0.05, 0) is 31.9 Å². The number of halogens is 3.